The van der Waals surface area contributed by atoms with Gasteiger partial charge in [-0.25, -0.2) is 4.68 Å². The van der Waals surface area contributed by atoms with Gasteiger partial charge in [-0.05, 0) is 42.8 Å². The number of nitro groups is 1. The number of aryl methyl sites for hydroxylation is 1. The molecule has 26 heavy (non-hydrogen) atoms. The number of hydrogen-bond donors (Lipinski definition) is 1. The Bertz CT molecular complexity index is 960. The van der Waals surface area contributed by atoms with Crippen LogP contribution in [-0.4, -0.2) is 20.6 Å². The predicted molar refractivity (Wildman–Crippen MR) is 99.1 cm³/mol. The third-order valence-corrected chi connectivity index (χ3v) is 3.61. The average molecular weight is 348 g/mol. The lowest BCUT2D eigenvalue weighted by atomic mass is 10.2. The number of carbonyl (C=O) groups is 1. The normalized spacial score (nSPS) is 10.8. The van der Waals surface area contributed by atoms with Gasteiger partial charge in [0.15, 0.2) is 0 Å². The highest BCUT2D eigenvalue weighted by Gasteiger charge is 2.09. The van der Waals surface area contributed by atoms with E-state index < -0.39 is 4.92 Å². The second-order valence-electron chi connectivity index (χ2n) is 5.59. The molecule has 3 rings (SSSR count). The van der Waals surface area contributed by atoms with Crippen LogP contribution in [0, 0.1) is 17.0 Å². The number of rotatable bonds is 5. The van der Waals surface area contributed by atoms with E-state index in [0.29, 0.717) is 11.4 Å². The van der Waals surface area contributed by atoms with E-state index in [4.69, 9.17) is 0 Å². The standard InChI is InChI=1S/C19H16N4O3/c1-14-13-18(22(21-14)16-5-3-2-4-6-16)20-19(24)12-9-15-7-10-17(11-8-15)23(25)26/h2-13H,1H3,(H,20,24)/b12-9+. The van der Waals surface area contributed by atoms with Gasteiger partial charge in [0, 0.05) is 24.3 Å². The zero-order valence-corrected chi connectivity index (χ0v) is 14.0. The van der Waals surface area contributed by atoms with Crippen molar-refractivity contribution < 1.29 is 9.72 Å². The number of amides is 1. The van der Waals surface area contributed by atoms with E-state index in [0.717, 1.165) is 11.4 Å². The molecule has 0 radical (unpaired) electrons. The van der Waals surface area contributed by atoms with Crippen LogP contribution in [0.1, 0.15) is 11.3 Å². The molecule has 0 bridgehead atoms. The Labute approximate surface area is 149 Å². The number of aromatic nitrogens is 2. The number of anilines is 1. The van der Waals surface area contributed by atoms with E-state index >= 15 is 0 Å². The van der Waals surface area contributed by atoms with E-state index in [1.54, 1.807) is 29.0 Å². The van der Waals surface area contributed by atoms with Crippen LogP contribution in [0.15, 0.2) is 66.7 Å². The number of non-ortho nitro benzene ring substituents is 1. The van der Waals surface area contributed by atoms with Crippen LogP contribution in [0.4, 0.5) is 11.5 Å². The fourth-order valence-corrected chi connectivity index (χ4v) is 2.40. The molecule has 0 fully saturated rings. The quantitative estimate of drug-likeness (QED) is 0.432. The highest BCUT2D eigenvalue weighted by atomic mass is 16.6. The Kier molecular flexibility index (Phi) is 4.89. The SMILES string of the molecule is Cc1cc(NC(=O)/C=C/c2ccc([N+](=O)[O-])cc2)n(-c2ccccc2)n1. The van der Waals surface area contributed by atoms with E-state index in [-0.39, 0.29) is 11.6 Å². The molecular formula is C19H16N4O3. The van der Waals surface area contributed by atoms with Gasteiger partial charge in [0.05, 0.1) is 16.3 Å². The molecule has 130 valence electrons. The van der Waals surface area contributed by atoms with Gasteiger partial charge in [0.1, 0.15) is 5.82 Å². The van der Waals surface area contributed by atoms with Crippen molar-refractivity contribution in [2.75, 3.05) is 5.32 Å². The van der Waals surface area contributed by atoms with Crippen LogP contribution < -0.4 is 5.32 Å². The molecule has 0 aliphatic carbocycles. The summed E-state index contributed by atoms with van der Waals surface area (Å²) in [7, 11) is 0. The van der Waals surface area contributed by atoms with Crippen molar-refractivity contribution in [1.82, 2.24) is 9.78 Å². The van der Waals surface area contributed by atoms with Crippen molar-refractivity contribution in [2.45, 2.75) is 6.92 Å². The lowest BCUT2D eigenvalue weighted by Crippen LogP contribution is -2.12. The molecule has 0 aliphatic rings. The van der Waals surface area contributed by atoms with Gasteiger partial charge < -0.3 is 5.32 Å². The first kappa shape index (κ1) is 17.1. The summed E-state index contributed by atoms with van der Waals surface area (Å²) in [6, 6.07) is 17.2. The summed E-state index contributed by atoms with van der Waals surface area (Å²) in [5.41, 5.74) is 2.33. The zero-order chi connectivity index (χ0) is 18.5. The summed E-state index contributed by atoms with van der Waals surface area (Å²) < 4.78 is 1.66. The molecule has 0 spiro atoms. The summed E-state index contributed by atoms with van der Waals surface area (Å²) in [4.78, 5) is 22.4. The highest BCUT2D eigenvalue weighted by Crippen LogP contribution is 2.17. The Morgan fingerprint density at radius 2 is 1.85 bits per heavy atom. The van der Waals surface area contributed by atoms with E-state index in [1.807, 2.05) is 37.3 Å². The van der Waals surface area contributed by atoms with Gasteiger partial charge >= 0.3 is 0 Å². The third kappa shape index (κ3) is 4.02. The summed E-state index contributed by atoms with van der Waals surface area (Å²) >= 11 is 0. The largest absolute Gasteiger partial charge is 0.307 e. The summed E-state index contributed by atoms with van der Waals surface area (Å²) in [5.74, 6) is 0.243. The molecule has 0 unspecified atom stereocenters. The van der Waals surface area contributed by atoms with Crippen LogP contribution in [0.5, 0.6) is 0 Å². The Balaban J connectivity index is 1.73. The van der Waals surface area contributed by atoms with Crippen LogP contribution in [0.2, 0.25) is 0 Å². The summed E-state index contributed by atoms with van der Waals surface area (Å²) in [5, 5.41) is 17.8. The lowest BCUT2D eigenvalue weighted by molar-refractivity contribution is -0.384. The van der Waals surface area contributed by atoms with Crippen molar-refractivity contribution in [3.8, 4) is 5.69 Å². The third-order valence-electron chi connectivity index (χ3n) is 3.61. The maximum atomic E-state index is 12.2. The molecule has 1 heterocycles. The first-order chi connectivity index (χ1) is 12.5. The maximum absolute atomic E-state index is 12.2. The molecule has 7 heteroatoms. The minimum absolute atomic E-state index is 0.00818. The average Bonchev–Trinajstić information content (AvgIpc) is 3.01. The van der Waals surface area contributed by atoms with Crippen LogP contribution in [-0.2, 0) is 4.79 Å². The molecule has 1 amide bonds. The molecular weight excluding hydrogens is 332 g/mol. The van der Waals surface area contributed by atoms with Gasteiger partial charge in [-0.15, -0.1) is 0 Å². The Morgan fingerprint density at radius 1 is 1.15 bits per heavy atom. The Morgan fingerprint density at radius 3 is 2.50 bits per heavy atom. The molecule has 2 aromatic carbocycles. The molecule has 3 aromatic rings. The number of nitrogens with one attached hydrogen (secondary N) is 1. The minimum Gasteiger partial charge on any atom is -0.307 e. The Hall–Kier alpha value is -3.74. The molecule has 0 saturated heterocycles. The van der Waals surface area contributed by atoms with E-state index in [1.165, 1.54) is 18.2 Å². The molecule has 0 atom stereocenters. The highest BCUT2D eigenvalue weighted by molar-refractivity contribution is 6.01. The van der Waals surface area contributed by atoms with Crippen molar-refractivity contribution in [2.24, 2.45) is 0 Å². The minimum atomic E-state index is -0.465. The van der Waals surface area contributed by atoms with Crippen LogP contribution in [0.25, 0.3) is 11.8 Å². The first-order valence-electron chi connectivity index (χ1n) is 7.88. The van der Waals surface area contributed by atoms with Gasteiger partial charge in [-0.2, -0.15) is 5.10 Å². The lowest BCUT2D eigenvalue weighted by Gasteiger charge is -2.07. The second kappa shape index (κ2) is 7.43. The molecule has 0 aliphatic heterocycles. The molecule has 1 N–H and O–H groups in total. The molecule has 7 nitrogen and oxygen atoms in total. The number of nitrogens with zero attached hydrogens (tertiary/aromatic N) is 3. The van der Waals surface area contributed by atoms with Crippen molar-refractivity contribution in [1.29, 1.82) is 0 Å². The number of nitro benzene ring substituents is 1. The number of para-hydroxylation sites is 1. The first-order valence-corrected chi connectivity index (χ1v) is 7.88. The fourth-order valence-electron chi connectivity index (χ4n) is 2.40. The number of hydrogen-bond acceptors (Lipinski definition) is 4. The van der Waals surface area contributed by atoms with Gasteiger partial charge in [0.2, 0.25) is 5.91 Å². The van der Waals surface area contributed by atoms with Crippen LogP contribution >= 0.6 is 0 Å². The second-order valence-corrected chi connectivity index (χ2v) is 5.59. The van der Waals surface area contributed by atoms with Crippen molar-refractivity contribution >= 4 is 23.5 Å². The van der Waals surface area contributed by atoms with Gasteiger partial charge in [0.25, 0.3) is 5.69 Å². The van der Waals surface area contributed by atoms with E-state index in [2.05, 4.69) is 10.4 Å². The van der Waals surface area contributed by atoms with Gasteiger partial charge in [-0.1, -0.05) is 18.2 Å². The van der Waals surface area contributed by atoms with Crippen molar-refractivity contribution in [3.05, 3.63) is 88.1 Å². The summed E-state index contributed by atoms with van der Waals surface area (Å²) in [6.45, 7) is 1.85. The monoisotopic (exact) mass is 348 g/mol. The zero-order valence-electron chi connectivity index (χ0n) is 14.0. The molecule has 1 aromatic heterocycles. The van der Waals surface area contributed by atoms with Crippen LogP contribution in [0.3, 0.4) is 0 Å². The summed E-state index contributed by atoms with van der Waals surface area (Å²) in [6.07, 6.45) is 2.97. The molecule has 0 saturated carbocycles. The topological polar surface area (TPSA) is 90.1 Å². The van der Waals surface area contributed by atoms with Gasteiger partial charge in [-0.3, -0.25) is 14.9 Å². The van der Waals surface area contributed by atoms with E-state index in [9.17, 15) is 14.9 Å². The number of carbonyl (C=O) groups excluding carboxylic acids is 1. The number of benzene rings is 2. The predicted octanol–water partition coefficient (Wildman–Crippen LogP) is 3.74. The maximum Gasteiger partial charge on any atom is 0.269 e. The van der Waals surface area contributed by atoms with Crippen molar-refractivity contribution in [3.63, 3.8) is 0 Å². The smallest absolute Gasteiger partial charge is 0.269 e. The fraction of sp³-hybridized carbons (Fsp3) is 0.0526.